The Kier molecular flexibility index (Phi) is 4.69. The summed E-state index contributed by atoms with van der Waals surface area (Å²) in [5.41, 5.74) is 4.92. The van der Waals surface area contributed by atoms with Crippen LogP contribution in [0, 0.1) is 0 Å². The van der Waals surface area contributed by atoms with E-state index in [4.69, 9.17) is 5.73 Å². The molecule has 0 radical (unpaired) electrons. The molecule has 2 aromatic rings. The molecule has 3 heterocycles. The smallest absolute Gasteiger partial charge is 0.369 e. The standard InChI is InChI=1S/C14H17F3N6OS/c1-22(5-8-4-11(24)21-12(18)19-8)9-2-3-23(6-9)13-20-10(7-25-13)14(15,16)17/h4,7,9H,2-3,5-6H2,1H3,(H3,18,19,21,24)/t9-/m0/s1. The largest absolute Gasteiger partial charge is 0.434 e. The number of H-pyrrole nitrogens is 1. The van der Waals surface area contributed by atoms with Crippen molar-refractivity contribution in [3.05, 3.63) is 33.2 Å². The number of aromatic nitrogens is 3. The van der Waals surface area contributed by atoms with Gasteiger partial charge in [-0.3, -0.25) is 14.7 Å². The topological polar surface area (TPSA) is 91.1 Å². The molecule has 0 amide bonds. The summed E-state index contributed by atoms with van der Waals surface area (Å²) in [5.74, 6) is 0.0615. The van der Waals surface area contributed by atoms with Gasteiger partial charge in [0.05, 0.1) is 5.69 Å². The number of aromatic amines is 1. The first-order valence-electron chi connectivity index (χ1n) is 7.56. The maximum atomic E-state index is 12.7. The zero-order chi connectivity index (χ0) is 18.2. The molecule has 1 aliphatic heterocycles. The van der Waals surface area contributed by atoms with Crippen LogP contribution < -0.4 is 16.2 Å². The fraction of sp³-hybridized carbons (Fsp3) is 0.500. The average molecular weight is 374 g/mol. The lowest BCUT2D eigenvalue weighted by molar-refractivity contribution is -0.140. The molecule has 3 rings (SSSR count). The minimum absolute atomic E-state index is 0.0615. The van der Waals surface area contributed by atoms with E-state index in [1.807, 2.05) is 16.8 Å². The second kappa shape index (κ2) is 6.64. The number of alkyl halides is 3. The van der Waals surface area contributed by atoms with E-state index >= 15 is 0 Å². The van der Waals surface area contributed by atoms with Crippen LogP contribution in [0.2, 0.25) is 0 Å². The second-order valence-corrected chi connectivity index (χ2v) is 6.78. The van der Waals surface area contributed by atoms with Gasteiger partial charge in [-0.2, -0.15) is 13.2 Å². The van der Waals surface area contributed by atoms with Crippen LogP contribution in [0.5, 0.6) is 0 Å². The van der Waals surface area contributed by atoms with E-state index in [1.54, 1.807) is 0 Å². The molecule has 136 valence electrons. The maximum Gasteiger partial charge on any atom is 0.434 e. The number of halogens is 3. The Balaban J connectivity index is 1.64. The molecule has 0 bridgehead atoms. The van der Waals surface area contributed by atoms with E-state index in [2.05, 4.69) is 15.0 Å². The molecule has 0 unspecified atom stereocenters. The van der Waals surface area contributed by atoms with Crippen molar-refractivity contribution in [3.8, 4) is 0 Å². The van der Waals surface area contributed by atoms with Gasteiger partial charge in [0.1, 0.15) is 0 Å². The van der Waals surface area contributed by atoms with E-state index in [0.717, 1.165) is 23.1 Å². The minimum atomic E-state index is -4.42. The van der Waals surface area contributed by atoms with Crippen LogP contribution in [0.1, 0.15) is 17.8 Å². The number of rotatable bonds is 4. The Hall–Kier alpha value is -2.14. The lowest BCUT2D eigenvalue weighted by atomic mass is 10.2. The lowest BCUT2D eigenvalue weighted by Gasteiger charge is -2.24. The van der Waals surface area contributed by atoms with Gasteiger partial charge in [-0.1, -0.05) is 0 Å². The van der Waals surface area contributed by atoms with Gasteiger partial charge in [0.25, 0.3) is 5.56 Å². The van der Waals surface area contributed by atoms with Crippen molar-refractivity contribution in [2.45, 2.75) is 25.2 Å². The third kappa shape index (κ3) is 4.10. The third-order valence-corrected chi connectivity index (χ3v) is 4.97. The Labute approximate surface area is 145 Å². The fourth-order valence-corrected chi connectivity index (χ4v) is 3.68. The summed E-state index contributed by atoms with van der Waals surface area (Å²) in [6, 6.07) is 1.51. The molecular weight excluding hydrogens is 357 g/mol. The summed E-state index contributed by atoms with van der Waals surface area (Å²) in [6.07, 6.45) is -3.63. The first-order chi connectivity index (χ1) is 11.7. The highest BCUT2D eigenvalue weighted by Gasteiger charge is 2.35. The summed E-state index contributed by atoms with van der Waals surface area (Å²) in [5, 5.41) is 1.41. The van der Waals surface area contributed by atoms with Crippen LogP contribution in [0.25, 0.3) is 0 Å². The van der Waals surface area contributed by atoms with Gasteiger partial charge in [-0.05, 0) is 13.5 Å². The normalized spacial score (nSPS) is 18.3. The Bertz CT molecular complexity index is 804. The van der Waals surface area contributed by atoms with Crippen molar-refractivity contribution in [1.29, 1.82) is 0 Å². The molecule has 0 saturated carbocycles. The van der Waals surface area contributed by atoms with Crippen LogP contribution in [-0.2, 0) is 12.7 Å². The molecule has 0 aliphatic carbocycles. The van der Waals surface area contributed by atoms with Gasteiger partial charge in [-0.25, -0.2) is 9.97 Å². The molecule has 0 aromatic carbocycles. The van der Waals surface area contributed by atoms with Crippen molar-refractivity contribution in [1.82, 2.24) is 19.9 Å². The van der Waals surface area contributed by atoms with Crippen LogP contribution in [0.3, 0.4) is 0 Å². The van der Waals surface area contributed by atoms with Crippen molar-refractivity contribution in [3.63, 3.8) is 0 Å². The number of hydrogen-bond acceptors (Lipinski definition) is 7. The number of nitrogens with zero attached hydrogens (tertiary/aromatic N) is 4. The van der Waals surface area contributed by atoms with Crippen molar-refractivity contribution in [2.24, 2.45) is 0 Å². The first kappa shape index (κ1) is 17.7. The molecule has 0 spiro atoms. The average Bonchev–Trinajstić information content (AvgIpc) is 3.15. The highest BCUT2D eigenvalue weighted by Crippen LogP contribution is 2.34. The maximum absolute atomic E-state index is 12.7. The number of likely N-dealkylation sites (N-methyl/N-ethyl adjacent to an activating group) is 1. The van der Waals surface area contributed by atoms with Crippen LogP contribution in [0.4, 0.5) is 24.3 Å². The zero-order valence-electron chi connectivity index (χ0n) is 13.4. The van der Waals surface area contributed by atoms with Crippen LogP contribution >= 0.6 is 11.3 Å². The molecule has 11 heteroatoms. The Morgan fingerprint density at radius 2 is 2.24 bits per heavy atom. The van der Waals surface area contributed by atoms with Gasteiger partial charge >= 0.3 is 6.18 Å². The molecular formula is C14H17F3N6OS. The molecule has 25 heavy (non-hydrogen) atoms. The number of nitrogens with one attached hydrogen (secondary N) is 1. The summed E-state index contributed by atoms with van der Waals surface area (Å²) >= 11 is 0.997. The number of nitrogen functional groups attached to an aromatic ring is 1. The Morgan fingerprint density at radius 1 is 1.48 bits per heavy atom. The van der Waals surface area contributed by atoms with Gasteiger partial charge < -0.3 is 10.6 Å². The minimum Gasteiger partial charge on any atom is -0.369 e. The van der Waals surface area contributed by atoms with E-state index in [1.165, 1.54) is 6.07 Å². The van der Waals surface area contributed by atoms with Crippen LogP contribution in [0.15, 0.2) is 16.2 Å². The SMILES string of the molecule is CN(Cc1cc(=O)[nH]c(N)n1)[C@H]1CCN(c2nc(C(F)(F)F)cs2)C1. The zero-order valence-corrected chi connectivity index (χ0v) is 14.2. The molecule has 2 aromatic heterocycles. The number of nitrogens with two attached hydrogens (primary N) is 1. The quantitative estimate of drug-likeness (QED) is 0.844. The van der Waals surface area contributed by atoms with E-state index < -0.39 is 11.9 Å². The molecule has 3 N–H and O–H groups in total. The van der Waals surface area contributed by atoms with Crippen molar-refractivity contribution >= 4 is 22.4 Å². The number of anilines is 2. The van der Waals surface area contributed by atoms with Crippen LogP contribution in [-0.4, -0.2) is 46.0 Å². The van der Waals surface area contributed by atoms with E-state index in [9.17, 15) is 18.0 Å². The summed E-state index contributed by atoms with van der Waals surface area (Å²) in [4.78, 5) is 25.5. The summed E-state index contributed by atoms with van der Waals surface area (Å²) < 4.78 is 38.0. The molecule has 1 atom stereocenters. The summed E-state index contributed by atoms with van der Waals surface area (Å²) in [7, 11) is 1.89. The molecule has 1 aliphatic rings. The van der Waals surface area contributed by atoms with Gasteiger partial charge in [0.15, 0.2) is 10.8 Å². The highest BCUT2D eigenvalue weighted by molar-refractivity contribution is 7.13. The third-order valence-electron chi connectivity index (χ3n) is 4.06. The first-order valence-corrected chi connectivity index (χ1v) is 8.44. The second-order valence-electron chi connectivity index (χ2n) is 5.94. The fourth-order valence-electron chi connectivity index (χ4n) is 2.81. The van der Waals surface area contributed by atoms with E-state index in [-0.39, 0.29) is 17.5 Å². The molecule has 1 saturated heterocycles. The number of hydrogen-bond donors (Lipinski definition) is 2. The number of thiazole rings is 1. The highest BCUT2D eigenvalue weighted by atomic mass is 32.1. The van der Waals surface area contributed by atoms with Crippen molar-refractivity contribution < 1.29 is 13.2 Å². The monoisotopic (exact) mass is 374 g/mol. The predicted molar refractivity (Wildman–Crippen MR) is 88.5 cm³/mol. The van der Waals surface area contributed by atoms with Gasteiger partial charge in [0.2, 0.25) is 5.95 Å². The summed E-state index contributed by atoms with van der Waals surface area (Å²) in [6.45, 7) is 1.63. The van der Waals surface area contributed by atoms with Crippen molar-refractivity contribution in [2.75, 3.05) is 30.8 Å². The molecule has 1 fully saturated rings. The Morgan fingerprint density at radius 3 is 2.88 bits per heavy atom. The van der Waals surface area contributed by atoms with Gasteiger partial charge in [0, 0.05) is 37.1 Å². The van der Waals surface area contributed by atoms with Gasteiger partial charge in [-0.15, -0.1) is 11.3 Å². The predicted octanol–water partition coefficient (Wildman–Crippen LogP) is 1.54. The lowest BCUT2D eigenvalue weighted by Crippen LogP contribution is -2.34. The molecule has 7 nitrogen and oxygen atoms in total. The van der Waals surface area contributed by atoms with E-state index in [0.29, 0.717) is 30.5 Å².